The van der Waals surface area contributed by atoms with Crippen molar-refractivity contribution in [1.29, 1.82) is 0 Å². The highest BCUT2D eigenvalue weighted by Crippen LogP contribution is 2.32. The minimum atomic E-state index is -0.854. The van der Waals surface area contributed by atoms with Crippen molar-refractivity contribution in [3.05, 3.63) is 52.0 Å². The van der Waals surface area contributed by atoms with E-state index in [0.29, 0.717) is 17.8 Å². The summed E-state index contributed by atoms with van der Waals surface area (Å²) < 4.78 is 10.8. The molecule has 1 aromatic heterocycles. The second-order valence-corrected chi connectivity index (χ2v) is 15.6. The van der Waals surface area contributed by atoms with E-state index in [9.17, 15) is 24.0 Å². The molecule has 1 saturated heterocycles. The Hall–Kier alpha value is -3.48. The fourth-order valence-electron chi connectivity index (χ4n) is 7.09. The van der Waals surface area contributed by atoms with Crippen molar-refractivity contribution in [2.24, 2.45) is 23.7 Å². The monoisotopic (exact) mass is 740 g/mol. The van der Waals surface area contributed by atoms with Gasteiger partial charge in [0.15, 0.2) is 11.6 Å². The number of carbonyl (C=O) groups is 5. The van der Waals surface area contributed by atoms with Crippen molar-refractivity contribution >= 4 is 40.7 Å². The van der Waals surface area contributed by atoms with Crippen molar-refractivity contribution in [1.82, 2.24) is 20.1 Å². The lowest BCUT2D eigenvalue weighted by molar-refractivity contribution is -0.147. The molecule has 0 aliphatic carbocycles. The van der Waals surface area contributed by atoms with Gasteiger partial charge in [-0.3, -0.25) is 28.9 Å². The number of rotatable bonds is 20. The number of aromatic nitrogens is 1. The smallest absolute Gasteiger partial charge is 0.309 e. The number of thiazole rings is 1. The molecule has 0 bridgehead atoms. The average Bonchev–Trinajstić information content (AvgIpc) is 3.63. The van der Waals surface area contributed by atoms with Crippen LogP contribution in [0.25, 0.3) is 0 Å². The Kier molecular flexibility index (Phi) is 17.1. The molecule has 1 N–H and O–H groups in total. The number of ketones is 2. The van der Waals surface area contributed by atoms with E-state index in [1.165, 1.54) is 18.4 Å². The van der Waals surface area contributed by atoms with E-state index in [1.54, 1.807) is 24.3 Å². The van der Waals surface area contributed by atoms with Gasteiger partial charge in [-0.15, -0.1) is 11.3 Å². The molecule has 288 valence electrons. The van der Waals surface area contributed by atoms with Crippen molar-refractivity contribution in [3.8, 4) is 0 Å². The van der Waals surface area contributed by atoms with Gasteiger partial charge >= 0.3 is 5.97 Å². The number of ether oxygens (including phenoxy) is 2. The summed E-state index contributed by atoms with van der Waals surface area (Å²) in [6.07, 6.45) is 4.20. The average molecular weight is 741 g/mol. The Morgan fingerprint density at radius 3 is 2.33 bits per heavy atom. The third kappa shape index (κ3) is 11.8. The number of hydrogen-bond donors (Lipinski definition) is 1. The zero-order chi connectivity index (χ0) is 38.5. The van der Waals surface area contributed by atoms with Gasteiger partial charge in [-0.1, -0.05) is 70.9 Å². The summed E-state index contributed by atoms with van der Waals surface area (Å²) in [6, 6.07) is 8.20. The summed E-state index contributed by atoms with van der Waals surface area (Å²) in [4.78, 5) is 75.0. The van der Waals surface area contributed by atoms with Gasteiger partial charge in [-0.25, -0.2) is 4.98 Å². The van der Waals surface area contributed by atoms with E-state index >= 15 is 0 Å². The molecule has 1 fully saturated rings. The maximum Gasteiger partial charge on any atom is 0.309 e. The van der Waals surface area contributed by atoms with E-state index in [4.69, 9.17) is 9.47 Å². The molecule has 2 heterocycles. The Labute approximate surface area is 314 Å². The van der Waals surface area contributed by atoms with Crippen LogP contribution in [0, 0.1) is 23.7 Å². The van der Waals surface area contributed by atoms with E-state index in [1.807, 2.05) is 44.4 Å². The summed E-state index contributed by atoms with van der Waals surface area (Å²) in [5.41, 5.74) is 1.07. The first-order chi connectivity index (χ1) is 24.7. The second-order valence-electron chi connectivity index (χ2n) is 14.7. The number of piperidine rings is 1. The van der Waals surface area contributed by atoms with Gasteiger partial charge in [0, 0.05) is 50.8 Å². The van der Waals surface area contributed by atoms with Crippen LogP contribution in [0.1, 0.15) is 107 Å². The Balaban J connectivity index is 1.68. The SMILES string of the molecule is CC[C@H](C)[C@H](CC(=O)[C@H]1CCCCN1C)C(=O)N(C)[C@H](C[C@@H](OC)c1nc(C(=O)N[C@@H](C)C(=O)CC(Cc2ccccc2)C(=O)OC)cs1)C(C)C. The van der Waals surface area contributed by atoms with E-state index in [0.717, 1.165) is 37.8 Å². The molecule has 1 aliphatic heterocycles. The number of hydrogen-bond acceptors (Lipinski definition) is 10. The number of nitrogens with one attached hydrogen (secondary N) is 1. The lowest BCUT2D eigenvalue weighted by atomic mass is 9.83. The molecule has 11 nitrogen and oxygen atoms in total. The molecule has 1 unspecified atom stereocenters. The van der Waals surface area contributed by atoms with Gasteiger partial charge in [-0.2, -0.15) is 0 Å². The fraction of sp³-hybridized carbons (Fsp3) is 0.650. The van der Waals surface area contributed by atoms with Gasteiger partial charge in [0.2, 0.25) is 5.91 Å². The van der Waals surface area contributed by atoms with E-state index in [2.05, 4.69) is 42.9 Å². The van der Waals surface area contributed by atoms with Crippen LogP contribution < -0.4 is 5.32 Å². The van der Waals surface area contributed by atoms with Gasteiger partial charge in [-0.05, 0) is 57.2 Å². The summed E-state index contributed by atoms with van der Waals surface area (Å²) in [5.74, 6) is -2.14. The minimum absolute atomic E-state index is 0.0363. The number of likely N-dealkylation sites (tertiary alicyclic amines) is 1. The number of amides is 2. The number of carbonyl (C=O) groups excluding carboxylic acids is 5. The molecule has 52 heavy (non-hydrogen) atoms. The molecule has 0 saturated carbocycles. The first-order valence-corrected chi connectivity index (χ1v) is 19.5. The molecular formula is C40H60N4O7S. The summed E-state index contributed by atoms with van der Waals surface area (Å²) in [6.45, 7) is 10.7. The minimum Gasteiger partial charge on any atom is -0.469 e. The number of methoxy groups -OCH3 is 2. The Morgan fingerprint density at radius 1 is 1.04 bits per heavy atom. The third-order valence-corrected chi connectivity index (χ3v) is 11.7. The zero-order valence-corrected chi connectivity index (χ0v) is 33.4. The van der Waals surface area contributed by atoms with Crippen molar-refractivity contribution in [3.63, 3.8) is 0 Å². The summed E-state index contributed by atoms with van der Waals surface area (Å²) in [5, 5.41) is 4.95. The van der Waals surface area contributed by atoms with Crippen LogP contribution in [0.4, 0.5) is 0 Å². The van der Waals surface area contributed by atoms with Crippen molar-refractivity contribution in [2.45, 2.75) is 110 Å². The lowest BCUT2D eigenvalue weighted by Crippen LogP contribution is -2.48. The molecule has 2 amide bonds. The largest absolute Gasteiger partial charge is 0.469 e. The van der Waals surface area contributed by atoms with E-state index in [-0.39, 0.29) is 59.9 Å². The maximum absolute atomic E-state index is 14.2. The number of likely N-dealkylation sites (N-methyl/N-ethyl adjacent to an activating group) is 1. The molecule has 0 radical (unpaired) electrons. The predicted octanol–water partition coefficient (Wildman–Crippen LogP) is 5.92. The number of benzene rings is 1. The van der Waals surface area contributed by atoms with Gasteiger partial charge in [0.05, 0.1) is 25.1 Å². The topological polar surface area (TPSA) is 135 Å². The molecule has 1 aliphatic rings. The molecular weight excluding hydrogens is 681 g/mol. The quantitative estimate of drug-likeness (QED) is 0.164. The Morgan fingerprint density at radius 2 is 1.73 bits per heavy atom. The predicted molar refractivity (Wildman–Crippen MR) is 203 cm³/mol. The highest BCUT2D eigenvalue weighted by atomic mass is 32.1. The number of Topliss-reactive ketones (excluding diaryl/α,β-unsaturated/α-hetero) is 2. The standard InChI is InChI=1S/C40H60N4O7S/c1-10-26(4)30(22-35(46)32-18-14-15-19-43(32)6)39(48)44(7)33(25(2)3)23-36(50-8)38-42-31(24-52-38)37(47)41-27(5)34(45)21-29(40(49)51-9)20-28-16-12-11-13-17-28/h11-13,16-17,24-27,29-30,32-33,36H,10,14-15,18-23H2,1-9H3,(H,41,47)/t26-,27-,29?,30-,32+,33+,36+/m0/s1. The highest BCUT2D eigenvalue weighted by Gasteiger charge is 2.37. The van der Waals surface area contributed by atoms with Crippen LogP contribution >= 0.6 is 11.3 Å². The number of nitrogens with zero attached hydrogens (tertiary/aromatic N) is 3. The van der Waals surface area contributed by atoms with Crippen molar-refractivity contribution in [2.75, 3.05) is 34.9 Å². The first kappa shape index (κ1) is 42.9. The van der Waals surface area contributed by atoms with Crippen LogP contribution in [-0.4, -0.2) is 97.1 Å². The second kappa shape index (κ2) is 20.7. The van der Waals surface area contributed by atoms with Crippen LogP contribution in [0.5, 0.6) is 0 Å². The lowest BCUT2D eigenvalue weighted by Gasteiger charge is -2.37. The van der Waals surface area contributed by atoms with Gasteiger partial charge in [0.1, 0.15) is 16.8 Å². The van der Waals surface area contributed by atoms with Crippen LogP contribution in [0.3, 0.4) is 0 Å². The zero-order valence-electron chi connectivity index (χ0n) is 32.6. The molecule has 1 aromatic carbocycles. The molecule has 2 aromatic rings. The highest BCUT2D eigenvalue weighted by molar-refractivity contribution is 7.09. The molecule has 3 rings (SSSR count). The molecule has 12 heteroatoms. The van der Waals surface area contributed by atoms with E-state index < -0.39 is 35.9 Å². The maximum atomic E-state index is 14.2. The molecule has 0 spiro atoms. The van der Waals surface area contributed by atoms with Gasteiger partial charge in [0.25, 0.3) is 5.91 Å². The first-order valence-electron chi connectivity index (χ1n) is 18.6. The third-order valence-electron chi connectivity index (χ3n) is 10.7. The van der Waals surface area contributed by atoms with Crippen LogP contribution in [0.2, 0.25) is 0 Å². The fourth-order valence-corrected chi connectivity index (χ4v) is 7.97. The van der Waals surface area contributed by atoms with Gasteiger partial charge < -0.3 is 19.7 Å². The Bertz CT molecular complexity index is 1480. The van der Waals surface area contributed by atoms with Crippen LogP contribution in [0.15, 0.2) is 35.7 Å². The summed E-state index contributed by atoms with van der Waals surface area (Å²) in [7, 11) is 6.69. The molecule has 7 atom stereocenters. The van der Waals surface area contributed by atoms with Crippen molar-refractivity contribution < 1.29 is 33.4 Å². The van der Waals surface area contributed by atoms with Crippen LogP contribution in [-0.2, 0) is 35.1 Å². The normalized spacial score (nSPS) is 18.5. The summed E-state index contributed by atoms with van der Waals surface area (Å²) >= 11 is 1.28. The number of esters is 1.